The third-order valence-electron chi connectivity index (χ3n) is 8.17. The van der Waals surface area contributed by atoms with Crippen LogP contribution in [0, 0.1) is 5.82 Å². The summed E-state index contributed by atoms with van der Waals surface area (Å²) in [6.45, 7) is 4.22. The third kappa shape index (κ3) is 5.78. The van der Waals surface area contributed by atoms with E-state index in [1.165, 1.54) is 25.9 Å². The average Bonchev–Trinajstić information content (AvgIpc) is 3.76. The summed E-state index contributed by atoms with van der Waals surface area (Å²) in [5, 5.41) is 8.66. The summed E-state index contributed by atoms with van der Waals surface area (Å²) < 4.78 is 14.8. The van der Waals surface area contributed by atoms with Gasteiger partial charge in [0.2, 0.25) is 0 Å². The van der Waals surface area contributed by atoms with Crippen LogP contribution in [0.3, 0.4) is 0 Å². The molecule has 0 amide bonds. The molecule has 43 heavy (non-hydrogen) atoms. The first-order valence-electron chi connectivity index (χ1n) is 14.9. The number of benzene rings is 1. The molecule has 8 nitrogen and oxygen atoms in total. The van der Waals surface area contributed by atoms with Gasteiger partial charge in [0.05, 0.1) is 22.6 Å². The van der Waals surface area contributed by atoms with Crippen molar-refractivity contribution in [3.05, 3.63) is 84.1 Å². The maximum Gasteiger partial charge on any atom is 0.135 e. The van der Waals surface area contributed by atoms with E-state index in [2.05, 4.69) is 42.1 Å². The number of pyridine rings is 3. The van der Waals surface area contributed by atoms with Crippen molar-refractivity contribution in [1.82, 2.24) is 39.9 Å². The minimum atomic E-state index is -0.234. The Bertz CT molecular complexity index is 1900. The van der Waals surface area contributed by atoms with Gasteiger partial charge in [-0.1, -0.05) is 0 Å². The summed E-state index contributed by atoms with van der Waals surface area (Å²) in [4.78, 5) is 22.3. The number of hydrogen-bond donors (Lipinski definition) is 2. The van der Waals surface area contributed by atoms with Crippen LogP contribution >= 0.6 is 0 Å². The van der Waals surface area contributed by atoms with Crippen LogP contribution in [0.5, 0.6) is 0 Å². The molecule has 1 aliphatic rings. The largest absolute Gasteiger partial charge is 0.353 e. The molecule has 0 aliphatic carbocycles. The van der Waals surface area contributed by atoms with Gasteiger partial charge in [-0.15, -0.1) is 0 Å². The summed E-state index contributed by atoms with van der Waals surface area (Å²) in [5.74, 6) is -0.234. The number of aryl methyl sites for hydroxylation is 1. The highest BCUT2D eigenvalue weighted by Crippen LogP contribution is 2.34. The number of H-pyrrole nitrogens is 2. The average molecular weight is 575 g/mol. The molecule has 5 aromatic heterocycles. The van der Waals surface area contributed by atoms with Crippen LogP contribution in [0.15, 0.2) is 67.1 Å². The Morgan fingerprint density at radius 3 is 2.63 bits per heavy atom. The Morgan fingerprint density at radius 2 is 1.77 bits per heavy atom. The van der Waals surface area contributed by atoms with Gasteiger partial charge in [0.1, 0.15) is 17.0 Å². The molecule has 1 aliphatic heterocycles. The van der Waals surface area contributed by atoms with Crippen molar-refractivity contribution in [1.29, 1.82) is 0 Å². The van der Waals surface area contributed by atoms with Crippen molar-refractivity contribution in [2.24, 2.45) is 0 Å². The molecule has 0 bridgehead atoms. The molecule has 1 saturated heterocycles. The van der Waals surface area contributed by atoms with E-state index in [1.54, 1.807) is 18.3 Å². The monoisotopic (exact) mass is 574 g/mol. The molecule has 0 spiro atoms. The number of aromatic amines is 2. The van der Waals surface area contributed by atoms with Gasteiger partial charge in [0.25, 0.3) is 0 Å². The topological polar surface area (TPSA) is 89.6 Å². The molecular formula is C34H35FN8. The maximum absolute atomic E-state index is 14.8. The van der Waals surface area contributed by atoms with Gasteiger partial charge in [-0.2, -0.15) is 5.10 Å². The number of nitrogens with zero attached hydrogens (tertiary/aromatic N) is 6. The fourth-order valence-corrected chi connectivity index (χ4v) is 6.18. The quantitative estimate of drug-likeness (QED) is 0.206. The first-order valence-corrected chi connectivity index (χ1v) is 14.9. The molecule has 2 N–H and O–H groups in total. The Kier molecular flexibility index (Phi) is 7.42. The minimum Gasteiger partial charge on any atom is -0.353 e. The molecule has 7 rings (SSSR count). The standard InChI is InChI=1S/C34H35FN8/c1-42(2)21-23-15-25(20-36-19-23)28-7-8-30-33(39-28)34(41-40-30)31-18-27-29(38-31)9-10-37-32(27)24-14-22(16-26(35)17-24)6-5-13-43-11-3-4-12-43/h7-10,14-20,38H,3-6,11-13,21H2,1-2H3,(H,40,41). The summed E-state index contributed by atoms with van der Waals surface area (Å²) in [5.41, 5.74) is 9.51. The molecule has 218 valence electrons. The number of nitrogens with one attached hydrogen (secondary N) is 2. The molecule has 9 heteroatoms. The Labute approximate surface area is 250 Å². The molecule has 0 saturated carbocycles. The lowest BCUT2D eigenvalue weighted by Gasteiger charge is -2.14. The first-order chi connectivity index (χ1) is 21.0. The predicted octanol–water partition coefficient (Wildman–Crippen LogP) is 6.46. The van der Waals surface area contributed by atoms with E-state index in [1.807, 2.05) is 50.8 Å². The number of fused-ring (bicyclic) bond motifs is 2. The SMILES string of the molecule is CN(C)Cc1cncc(-c2ccc3[nH]nc(-c4cc5c(-c6cc(F)cc(CCCN7CCCC7)c6)nccc5[nH]4)c3n2)c1. The zero-order chi connectivity index (χ0) is 29.3. The van der Waals surface area contributed by atoms with E-state index in [-0.39, 0.29) is 5.82 Å². The highest BCUT2D eigenvalue weighted by molar-refractivity contribution is 5.99. The van der Waals surface area contributed by atoms with Crippen LogP contribution in [0.4, 0.5) is 4.39 Å². The summed E-state index contributed by atoms with van der Waals surface area (Å²) >= 11 is 0. The minimum absolute atomic E-state index is 0.234. The van der Waals surface area contributed by atoms with Crippen LogP contribution in [-0.2, 0) is 13.0 Å². The number of aromatic nitrogens is 6. The first kappa shape index (κ1) is 27.4. The maximum atomic E-state index is 14.8. The zero-order valence-electron chi connectivity index (χ0n) is 24.6. The van der Waals surface area contributed by atoms with E-state index in [0.29, 0.717) is 0 Å². The second-order valence-corrected chi connectivity index (χ2v) is 11.8. The van der Waals surface area contributed by atoms with Crippen molar-refractivity contribution >= 4 is 21.9 Å². The number of rotatable bonds is 9. The van der Waals surface area contributed by atoms with Crippen molar-refractivity contribution in [3.63, 3.8) is 0 Å². The van der Waals surface area contributed by atoms with E-state index >= 15 is 0 Å². The van der Waals surface area contributed by atoms with Gasteiger partial charge in [-0.05, 0) is 119 Å². The molecule has 1 aromatic carbocycles. The van der Waals surface area contributed by atoms with Crippen LogP contribution in [0.25, 0.3) is 55.8 Å². The van der Waals surface area contributed by atoms with Gasteiger partial charge < -0.3 is 14.8 Å². The fourth-order valence-electron chi connectivity index (χ4n) is 6.18. The van der Waals surface area contributed by atoms with Gasteiger partial charge in [-0.25, -0.2) is 9.37 Å². The Morgan fingerprint density at radius 1 is 0.907 bits per heavy atom. The molecule has 0 atom stereocenters. The molecule has 0 radical (unpaired) electrons. The lowest BCUT2D eigenvalue weighted by atomic mass is 10.0. The van der Waals surface area contributed by atoms with Crippen LogP contribution in [0.2, 0.25) is 0 Å². The number of hydrogen-bond acceptors (Lipinski definition) is 6. The summed E-state index contributed by atoms with van der Waals surface area (Å²) in [6, 6.07) is 15.4. The van der Waals surface area contributed by atoms with Crippen molar-refractivity contribution in [2.45, 2.75) is 32.2 Å². The molecule has 0 unspecified atom stereocenters. The van der Waals surface area contributed by atoms with Crippen molar-refractivity contribution in [3.8, 4) is 33.9 Å². The van der Waals surface area contributed by atoms with Crippen LogP contribution < -0.4 is 0 Å². The van der Waals surface area contributed by atoms with Gasteiger partial charge in [-0.3, -0.25) is 15.1 Å². The second kappa shape index (κ2) is 11.7. The highest BCUT2D eigenvalue weighted by atomic mass is 19.1. The van der Waals surface area contributed by atoms with Crippen molar-refractivity contribution < 1.29 is 4.39 Å². The van der Waals surface area contributed by atoms with Gasteiger partial charge >= 0.3 is 0 Å². The lowest BCUT2D eigenvalue weighted by molar-refractivity contribution is 0.334. The lowest BCUT2D eigenvalue weighted by Crippen LogP contribution is -2.20. The van der Waals surface area contributed by atoms with Crippen LogP contribution in [-0.4, -0.2) is 73.7 Å². The summed E-state index contributed by atoms with van der Waals surface area (Å²) in [6.07, 6.45) is 9.93. The number of halogens is 1. The Hall–Kier alpha value is -4.47. The fraction of sp³-hybridized carbons (Fsp3) is 0.294. The molecule has 1 fully saturated rings. The van der Waals surface area contributed by atoms with Gasteiger partial charge in [0, 0.05) is 47.2 Å². The van der Waals surface area contributed by atoms with E-state index in [0.717, 1.165) is 92.9 Å². The van der Waals surface area contributed by atoms with E-state index in [4.69, 9.17) is 9.97 Å². The number of likely N-dealkylation sites (tertiary alicyclic amines) is 1. The normalized spacial score (nSPS) is 14.0. The third-order valence-corrected chi connectivity index (χ3v) is 8.17. The van der Waals surface area contributed by atoms with Gasteiger partial charge in [0.15, 0.2) is 0 Å². The zero-order valence-corrected chi connectivity index (χ0v) is 24.6. The predicted molar refractivity (Wildman–Crippen MR) is 169 cm³/mol. The van der Waals surface area contributed by atoms with E-state index < -0.39 is 0 Å². The second-order valence-electron chi connectivity index (χ2n) is 11.8. The molecule has 6 aromatic rings. The Balaban J connectivity index is 1.21. The molecule has 6 heterocycles. The van der Waals surface area contributed by atoms with Crippen LogP contribution in [0.1, 0.15) is 30.4 Å². The smallest absolute Gasteiger partial charge is 0.135 e. The summed E-state index contributed by atoms with van der Waals surface area (Å²) in [7, 11) is 4.08. The van der Waals surface area contributed by atoms with Crippen molar-refractivity contribution in [2.75, 3.05) is 33.7 Å². The highest BCUT2D eigenvalue weighted by Gasteiger charge is 2.17. The van der Waals surface area contributed by atoms with E-state index in [9.17, 15) is 4.39 Å². The molecular weight excluding hydrogens is 539 g/mol.